The summed E-state index contributed by atoms with van der Waals surface area (Å²) in [5.41, 5.74) is 5.24. The molecule has 7 nitrogen and oxygen atoms in total. The van der Waals surface area contributed by atoms with Crippen LogP contribution >= 0.6 is 24.4 Å². The summed E-state index contributed by atoms with van der Waals surface area (Å²) in [6.45, 7) is 1.81. The van der Waals surface area contributed by atoms with E-state index in [0.29, 0.717) is 16.0 Å². The van der Waals surface area contributed by atoms with Gasteiger partial charge in [0.2, 0.25) is 11.8 Å². The van der Waals surface area contributed by atoms with Crippen LogP contribution in [0.15, 0.2) is 0 Å². The van der Waals surface area contributed by atoms with E-state index < -0.39 is 11.8 Å². The first-order chi connectivity index (χ1) is 10.9. The van der Waals surface area contributed by atoms with Crippen LogP contribution in [0.2, 0.25) is 0 Å². The van der Waals surface area contributed by atoms with Gasteiger partial charge in [0.05, 0.1) is 4.99 Å². The summed E-state index contributed by atoms with van der Waals surface area (Å²) in [7, 11) is 3.38. The van der Waals surface area contributed by atoms with Crippen LogP contribution in [0, 0.1) is 5.92 Å². The molecule has 0 atom stereocenters. The van der Waals surface area contributed by atoms with Crippen molar-refractivity contribution in [3.8, 4) is 0 Å². The first-order valence-electron chi connectivity index (χ1n) is 7.77. The van der Waals surface area contributed by atoms with Crippen LogP contribution in [-0.2, 0) is 9.59 Å². The third-order valence-electron chi connectivity index (χ3n) is 3.83. The lowest BCUT2D eigenvalue weighted by atomic mass is 10.4. The van der Waals surface area contributed by atoms with Gasteiger partial charge in [0.15, 0.2) is 5.11 Å². The maximum absolute atomic E-state index is 11.9. The normalized spacial score (nSPS) is 16.7. The largest absolute Gasteiger partial charge is 0.348 e. The zero-order valence-electron chi connectivity index (χ0n) is 13.5. The van der Waals surface area contributed by atoms with Gasteiger partial charge in [-0.25, -0.2) is 0 Å². The van der Waals surface area contributed by atoms with Crippen molar-refractivity contribution in [1.82, 2.24) is 25.8 Å². The Balaban J connectivity index is 1.71. The topological polar surface area (TPSA) is 67.9 Å². The molecule has 9 heteroatoms. The number of likely N-dealkylation sites (tertiary alicyclic amines) is 1. The third kappa shape index (κ3) is 5.28. The Bertz CT molecular complexity index is 503. The number of hydrogen-bond acceptors (Lipinski definition) is 4. The molecule has 0 aromatic carbocycles. The van der Waals surface area contributed by atoms with Gasteiger partial charge in [-0.05, 0) is 37.9 Å². The molecule has 23 heavy (non-hydrogen) atoms. The zero-order chi connectivity index (χ0) is 17.0. The molecule has 2 rings (SSSR count). The number of hydrogen-bond donors (Lipinski definition) is 2. The SMILES string of the molecule is CN(NC(=O)CC(=O)NN(C)C(=S)N1CCCC1)C(=S)C1CC1. The van der Waals surface area contributed by atoms with Gasteiger partial charge in [-0.1, -0.05) is 12.2 Å². The maximum Gasteiger partial charge on any atom is 0.248 e. The maximum atomic E-state index is 11.9. The molecule has 0 unspecified atom stereocenters. The highest BCUT2D eigenvalue weighted by Gasteiger charge is 2.29. The van der Waals surface area contributed by atoms with Gasteiger partial charge in [-0.15, -0.1) is 0 Å². The van der Waals surface area contributed by atoms with E-state index in [-0.39, 0.29) is 6.42 Å². The first kappa shape index (κ1) is 17.9. The number of hydrazine groups is 2. The molecule has 1 aliphatic carbocycles. The monoisotopic (exact) mass is 357 g/mol. The van der Waals surface area contributed by atoms with E-state index >= 15 is 0 Å². The smallest absolute Gasteiger partial charge is 0.248 e. The van der Waals surface area contributed by atoms with Crippen LogP contribution in [0.1, 0.15) is 32.1 Å². The summed E-state index contributed by atoms with van der Waals surface area (Å²) in [6, 6.07) is 0. The highest BCUT2D eigenvalue weighted by molar-refractivity contribution is 7.80. The minimum atomic E-state index is -0.405. The number of carbonyl (C=O) groups excluding carboxylic acids is 2. The van der Waals surface area contributed by atoms with E-state index in [4.69, 9.17) is 24.4 Å². The van der Waals surface area contributed by atoms with E-state index in [1.165, 1.54) is 10.0 Å². The lowest BCUT2D eigenvalue weighted by molar-refractivity contribution is -0.132. The average molecular weight is 358 g/mol. The van der Waals surface area contributed by atoms with Crippen molar-refractivity contribution in [2.24, 2.45) is 5.92 Å². The number of nitrogens with zero attached hydrogens (tertiary/aromatic N) is 3. The average Bonchev–Trinajstić information content (AvgIpc) is 3.19. The van der Waals surface area contributed by atoms with E-state index in [9.17, 15) is 9.59 Å². The second-order valence-electron chi connectivity index (χ2n) is 5.95. The summed E-state index contributed by atoms with van der Waals surface area (Å²) in [5.74, 6) is -0.418. The Morgan fingerprint density at radius 3 is 2.09 bits per heavy atom. The Hall–Kier alpha value is -1.48. The van der Waals surface area contributed by atoms with E-state index in [1.807, 2.05) is 4.90 Å². The minimum absolute atomic E-state index is 0.273. The van der Waals surface area contributed by atoms with E-state index in [2.05, 4.69) is 10.9 Å². The summed E-state index contributed by atoms with van der Waals surface area (Å²) >= 11 is 10.6. The summed E-state index contributed by atoms with van der Waals surface area (Å²) in [4.78, 5) is 26.6. The van der Waals surface area contributed by atoms with Crippen molar-refractivity contribution in [1.29, 1.82) is 0 Å². The molecule has 2 aliphatic rings. The molecule has 0 spiro atoms. The molecule has 128 valence electrons. The summed E-state index contributed by atoms with van der Waals surface area (Å²) in [5, 5.41) is 3.60. The quantitative estimate of drug-likeness (QED) is 0.431. The van der Waals surface area contributed by atoms with Gasteiger partial charge in [0, 0.05) is 33.1 Å². The highest BCUT2D eigenvalue weighted by Crippen LogP contribution is 2.31. The molecule has 1 aliphatic heterocycles. The van der Waals surface area contributed by atoms with Crippen molar-refractivity contribution in [3.05, 3.63) is 0 Å². The molecule has 0 aromatic rings. The predicted octanol–water partition coefficient (Wildman–Crippen LogP) is 0.421. The van der Waals surface area contributed by atoms with Crippen LogP contribution in [0.3, 0.4) is 0 Å². The van der Waals surface area contributed by atoms with Gasteiger partial charge in [-0.3, -0.25) is 30.5 Å². The number of thiocarbonyl (C=S) groups is 2. The molecule has 0 aromatic heterocycles. The Morgan fingerprint density at radius 1 is 1.04 bits per heavy atom. The van der Waals surface area contributed by atoms with Gasteiger partial charge in [0.25, 0.3) is 0 Å². The van der Waals surface area contributed by atoms with Gasteiger partial charge < -0.3 is 4.90 Å². The van der Waals surface area contributed by atoms with Crippen LogP contribution in [0.25, 0.3) is 0 Å². The number of rotatable bonds is 3. The Morgan fingerprint density at radius 2 is 1.57 bits per heavy atom. The van der Waals surface area contributed by atoms with E-state index in [0.717, 1.165) is 38.8 Å². The molecule has 1 saturated heterocycles. The minimum Gasteiger partial charge on any atom is -0.348 e. The molecular weight excluding hydrogens is 334 g/mol. The van der Waals surface area contributed by atoms with Gasteiger partial charge >= 0.3 is 0 Å². The Kier molecular flexibility index (Phi) is 6.11. The van der Waals surface area contributed by atoms with Crippen LogP contribution < -0.4 is 10.9 Å². The third-order valence-corrected chi connectivity index (χ3v) is 4.97. The van der Waals surface area contributed by atoms with Gasteiger partial charge in [-0.2, -0.15) is 0 Å². The standard InChI is InChI=1S/C14H23N5O2S2/c1-17(13(22)10-5-6-10)15-11(20)9-12(21)16-18(2)14(23)19-7-3-4-8-19/h10H,3-9H2,1-2H3,(H,15,20)(H,16,21). The zero-order valence-corrected chi connectivity index (χ0v) is 15.1. The molecule has 0 radical (unpaired) electrons. The second-order valence-corrected chi connectivity index (χ2v) is 6.74. The predicted molar refractivity (Wildman–Crippen MR) is 95.2 cm³/mol. The van der Waals surface area contributed by atoms with Crippen LogP contribution in [0.4, 0.5) is 0 Å². The first-order valence-corrected chi connectivity index (χ1v) is 8.59. The fourth-order valence-corrected chi connectivity index (χ4v) is 2.94. The molecule has 2 fully saturated rings. The van der Waals surface area contributed by atoms with E-state index in [1.54, 1.807) is 14.1 Å². The van der Waals surface area contributed by atoms with Gasteiger partial charge in [0.1, 0.15) is 6.42 Å². The fourth-order valence-electron chi connectivity index (χ4n) is 2.43. The van der Waals surface area contributed by atoms with Crippen molar-refractivity contribution >= 4 is 46.4 Å². The van der Waals surface area contributed by atoms with Crippen molar-refractivity contribution in [3.63, 3.8) is 0 Å². The number of carbonyl (C=O) groups is 2. The lowest BCUT2D eigenvalue weighted by Crippen LogP contribution is -2.50. The molecule has 1 saturated carbocycles. The summed E-state index contributed by atoms with van der Waals surface area (Å²) in [6.07, 6.45) is 4.08. The van der Waals surface area contributed by atoms with Crippen molar-refractivity contribution in [2.75, 3.05) is 27.2 Å². The number of nitrogens with one attached hydrogen (secondary N) is 2. The highest BCUT2D eigenvalue weighted by atomic mass is 32.1. The Labute approximate surface area is 147 Å². The number of amides is 2. The molecular formula is C14H23N5O2S2. The van der Waals surface area contributed by atoms with Crippen molar-refractivity contribution in [2.45, 2.75) is 32.1 Å². The summed E-state index contributed by atoms with van der Waals surface area (Å²) < 4.78 is 0. The fraction of sp³-hybridized carbons (Fsp3) is 0.714. The molecule has 2 N–H and O–H groups in total. The van der Waals surface area contributed by atoms with Crippen LogP contribution in [0.5, 0.6) is 0 Å². The van der Waals surface area contributed by atoms with Crippen LogP contribution in [-0.4, -0.2) is 64.0 Å². The molecule has 0 bridgehead atoms. The lowest BCUT2D eigenvalue weighted by Gasteiger charge is -2.28. The molecule has 2 amide bonds. The molecule has 1 heterocycles. The second kappa shape index (κ2) is 7.87. The van der Waals surface area contributed by atoms with Crippen molar-refractivity contribution < 1.29 is 9.59 Å².